The number of rotatable bonds is 4. The van der Waals surface area contributed by atoms with Gasteiger partial charge in [0.25, 0.3) is 0 Å². The van der Waals surface area contributed by atoms with E-state index in [4.69, 9.17) is 11.6 Å². The van der Waals surface area contributed by atoms with Gasteiger partial charge in [-0.2, -0.15) is 13.2 Å². The molecule has 2 aliphatic heterocycles. The van der Waals surface area contributed by atoms with Gasteiger partial charge in [-0.1, -0.05) is 18.0 Å². The predicted octanol–water partition coefficient (Wildman–Crippen LogP) is 3.28. The van der Waals surface area contributed by atoms with Crippen LogP contribution in [-0.4, -0.2) is 54.3 Å². The Balaban J connectivity index is 1.77. The SMILES string of the molecule is OC[C@@H]1CN(c2ncc(Cl)cc2C(F)(F)F)C[C@@H]1CN1CCCCC1. The van der Waals surface area contributed by atoms with Gasteiger partial charge in [0.2, 0.25) is 0 Å². The monoisotopic (exact) mass is 377 g/mol. The Morgan fingerprint density at radius 3 is 2.48 bits per heavy atom. The van der Waals surface area contributed by atoms with Crippen molar-refractivity contribution in [3.8, 4) is 0 Å². The van der Waals surface area contributed by atoms with Crippen molar-refractivity contribution >= 4 is 17.4 Å². The number of alkyl halides is 3. The quantitative estimate of drug-likeness (QED) is 0.874. The summed E-state index contributed by atoms with van der Waals surface area (Å²) in [6.07, 6.45) is 0.305. The minimum absolute atomic E-state index is 0.0239. The van der Waals surface area contributed by atoms with E-state index >= 15 is 0 Å². The smallest absolute Gasteiger partial charge is 0.396 e. The van der Waals surface area contributed by atoms with Gasteiger partial charge in [-0.25, -0.2) is 4.98 Å². The summed E-state index contributed by atoms with van der Waals surface area (Å²) in [5, 5.41) is 9.67. The number of likely N-dealkylation sites (tertiary alicyclic amines) is 1. The van der Waals surface area contributed by atoms with E-state index in [2.05, 4.69) is 9.88 Å². The van der Waals surface area contributed by atoms with Crippen molar-refractivity contribution < 1.29 is 18.3 Å². The first-order chi connectivity index (χ1) is 11.9. The molecule has 3 heterocycles. The number of aliphatic hydroxyl groups is 1. The van der Waals surface area contributed by atoms with Crippen LogP contribution in [0.5, 0.6) is 0 Å². The summed E-state index contributed by atoms with van der Waals surface area (Å²) in [5.41, 5.74) is -0.810. The Morgan fingerprint density at radius 2 is 1.84 bits per heavy atom. The summed E-state index contributed by atoms with van der Waals surface area (Å²) in [6, 6.07) is 0.926. The minimum atomic E-state index is -4.51. The summed E-state index contributed by atoms with van der Waals surface area (Å²) in [7, 11) is 0. The van der Waals surface area contributed by atoms with Crippen LogP contribution in [0, 0.1) is 11.8 Å². The molecular weight excluding hydrogens is 355 g/mol. The van der Waals surface area contributed by atoms with Crippen molar-refractivity contribution in [3.05, 3.63) is 22.8 Å². The lowest BCUT2D eigenvalue weighted by Gasteiger charge is -2.30. The highest BCUT2D eigenvalue weighted by atomic mass is 35.5. The van der Waals surface area contributed by atoms with Crippen LogP contribution in [0.4, 0.5) is 19.0 Å². The molecule has 0 radical (unpaired) electrons. The summed E-state index contributed by atoms with van der Waals surface area (Å²) in [4.78, 5) is 7.96. The second-order valence-electron chi connectivity index (χ2n) is 6.99. The van der Waals surface area contributed by atoms with Crippen molar-refractivity contribution in [3.63, 3.8) is 0 Å². The number of piperidine rings is 1. The standard InChI is InChI=1S/C17H23ClF3N3O/c18-14-6-15(17(19,20)21)16(22-7-14)24-9-12(13(10-24)11-25)8-23-4-2-1-3-5-23/h6-7,12-13,25H,1-5,8-11H2/t12-,13-/m0/s1. The van der Waals surface area contributed by atoms with Gasteiger partial charge < -0.3 is 14.9 Å². The first-order valence-corrected chi connectivity index (χ1v) is 9.07. The highest BCUT2D eigenvalue weighted by Gasteiger charge is 2.40. The van der Waals surface area contributed by atoms with E-state index in [0.29, 0.717) is 13.1 Å². The molecule has 0 aromatic carbocycles. The third kappa shape index (κ3) is 4.38. The van der Waals surface area contributed by atoms with Gasteiger partial charge in [0.15, 0.2) is 0 Å². The number of hydrogen-bond donors (Lipinski definition) is 1. The van der Waals surface area contributed by atoms with Crippen molar-refractivity contribution in [2.24, 2.45) is 11.8 Å². The zero-order valence-electron chi connectivity index (χ0n) is 14.0. The highest BCUT2D eigenvalue weighted by Crippen LogP contribution is 2.39. The van der Waals surface area contributed by atoms with Gasteiger partial charge in [-0.15, -0.1) is 0 Å². The first kappa shape index (κ1) is 18.7. The van der Waals surface area contributed by atoms with Crippen molar-refractivity contribution in [1.29, 1.82) is 0 Å². The van der Waals surface area contributed by atoms with Crippen LogP contribution >= 0.6 is 11.6 Å². The third-order valence-corrected chi connectivity index (χ3v) is 5.40. The van der Waals surface area contributed by atoms with E-state index in [1.807, 2.05) is 0 Å². The predicted molar refractivity (Wildman–Crippen MR) is 90.8 cm³/mol. The Bertz CT molecular complexity index is 593. The molecule has 0 amide bonds. The van der Waals surface area contributed by atoms with Crippen molar-refractivity contribution in [2.45, 2.75) is 25.4 Å². The molecule has 0 unspecified atom stereocenters. The summed E-state index contributed by atoms with van der Waals surface area (Å²) in [5.74, 6) is 0.0126. The van der Waals surface area contributed by atoms with Crippen LogP contribution in [0.3, 0.4) is 0 Å². The van der Waals surface area contributed by atoms with E-state index in [9.17, 15) is 18.3 Å². The fourth-order valence-electron chi connectivity index (χ4n) is 3.89. The average Bonchev–Trinajstić information content (AvgIpc) is 2.97. The second-order valence-corrected chi connectivity index (χ2v) is 7.43. The lowest BCUT2D eigenvalue weighted by Crippen LogP contribution is -2.37. The summed E-state index contributed by atoms with van der Waals surface area (Å²) >= 11 is 5.72. The van der Waals surface area contributed by atoms with Crippen LogP contribution in [0.2, 0.25) is 5.02 Å². The molecule has 0 spiro atoms. The molecule has 2 aliphatic rings. The minimum Gasteiger partial charge on any atom is -0.396 e. The summed E-state index contributed by atoms with van der Waals surface area (Å²) < 4.78 is 40.0. The summed E-state index contributed by atoms with van der Waals surface area (Å²) in [6.45, 7) is 3.70. The molecule has 0 bridgehead atoms. The fourth-order valence-corrected chi connectivity index (χ4v) is 4.05. The van der Waals surface area contributed by atoms with E-state index in [-0.39, 0.29) is 29.3 Å². The Hall–Kier alpha value is -1.05. The fraction of sp³-hybridized carbons (Fsp3) is 0.706. The van der Waals surface area contributed by atoms with Crippen molar-refractivity contribution in [1.82, 2.24) is 9.88 Å². The van der Waals surface area contributed by atoms with Crippen LogP contribution in [0.25, 0.3) is 0 Å². The Kier molecular flexibility index (Phi) is 5.75. The molecule has 0 saturated carbocycles. The highest BCUT2D eigenvalue weighted by molar-refractivity contribution is 6.30. The topological polar surface area (TPSA) is 39.6 Å². The van der Waals surface area contributed by atoms with Crippen LogP contribution in [-0.2, 0) is 6.18 Å². The zero-order valence-corrected chi connectivity index (χ0v) is 14.7. The first-order valence-electron chi connectivity index (χ1n) is 8.69. The van der Waals surface area contributed by atoms with Gasteiger partial charge in [0.1, 0.15) is 5.82 Å². The van der Waals surface area contributed by atoms with E-state index in [1.54, 1.807) is 4.90 Å². The molecule has 2 atom stereocenters. The lowest BCUT2D eigenvalue weighted by molar-refractivity contribution is -0.137. The number of aliphatic hydroxyl groups excluding tert-OH is 1. The molecule has 2 saturated heterocycles. The number of pyridine rings is 1. The van der Waals surface area contributed by atoms with Crippen molar-refractivity contribution in [2.75, 3.05) is 44.2 Å². The Morgan fingerprint density at radius 1 is 1.16 bits per heavy atom. The van der Waals surface area contributed by atoms with Crippen LogP contribution in [0.15, 0.2) is 12.3 Å². The maximum Gasteiger partial charge on any atom is 0.420 e. The van der Waals surface area contributed by atoms with Gasteiger partial charge in [0, 0.05) is 38.4 Å². The molecule has 3 rings (SSSR count). The maximum atomic E-state index is 13.3. The lowest BCUT2D eigenvalue weighted by atomic mass is 9.95. The van der Waals surface area contributed by atoms with E-state index < -0.39 is 11.7 Å². The van der Waals surface area contributed by atoms with E-state index in [0.717, 1.165) is 38.5 Å². The molecule has 1 aromatic rings. The van der Waals surface area contributed by atoms with Gasteiger partial charge in [-0.05, 0) is 37.9 Å². The second kappa shape index (κ2) is 7.68. The van der Waals surface area contributed by atoms with Gasteiger partial charge in [0.05, 0.1) is 10.6 Å². The number of aromatic nitrogens is 1. The van der Waals surface area contributed by atoms with Gasteiger partial charge >= 0.3 is 6.18 Å². The maximum absolute atomic E-state index is 13.3. The molecule has 1 aromatic heterocycles. The zero-order chi connectivity index (χ0) is 18.0. The molecular formula is C17H23ClF3N3O. The molecule has 0 aliphatic carbocycles. The molecule has 2 fully saturated rings. The molecule has 1 N–H and O–H groups in total. The third-order valence-electron chi connectivity index (χ3n) is 5.19. The average molecular weight is 378 g/mol. The Labute approximate surface area is 150 Å². The molecule has 8 heteroatoms. The molecule has 140 valence electrons. The number of hydrogen-bond acceptors (Lipinski definition) is 4. The number of anilines is 1. The number of halogens is 4. The molecule has 25 heavy (non-hydrogen) atoms. The largest absolute Gasteiger partial charge is 0.420 e. The molecule has 4 nitrogen and oxygen atoms in total. The van der Waals surface area contributed by atoms with Crippen LogP contribution < -0.4 is 4.90 Å². The van der Waals surface area contributed by atoms with Crippen LogP contribution in [0.1, 0.15) is 24.8 Å². The number of nitrogens with zero attached hydrogens (tertiary/aromatic N) is 3. The normalized spacial score (nSPS) is 25.6. The van der Waals surface area contributed by atoms with E-state index in [1.165, 1.54) is 12.6 Å². The van der Waals surface area contributed by atoms with Gasteiger partial charge in [-0.3, -0.25) is 0 Å².